The highest BCUT2D eigenvalue weighted by molar-refractivity contribution is 5.76. The average Bonchev–Trinajstić information content (AvgIpc) is 2.52. The second-order valence-electron chi connectivity index (χ2n) is 6.01. The van der Waals surface area contributed by atoms with Gasteiger partial charge < -0.3 is 9.64 Å². The van der Waals surface area contributed by atoms with Gasteiger partial charge in [-0.25, -0.2) is 0 Å². The highest BCUT2D eigenvalue weighted by Gasteiger charge is 2.16. The zero-order valence-corrected chi connectivity index (χ0v) is 13.9. The number of nitrogens with zero attached hydrogens (tertiary/aromatic N) is 2. The Kier molecular flexibility index (Phi) is 6.87. The van der Waals surface area contributed by atoms with E-state index in [0.29, 0.717) is 13.0 Å². The molecule has 22 heavy (non-hydrogen) atoms. The zero-order valence-electron chi connectivity index (χ0n) is 13.9. The Morgan fingerprint density at radius 3 is 2.77 bits per heavy atom. The predicted molar refractivity (Wildman–Crippen MR) is 88.8 cm³/mol. The predicted octanol–water partition coefficient (Wildman–Crippen LogP) is 2.46. The third-order valence-corrected chi connectivity index (χ3v) is 4.06. The second kappa shape index (κ2) is 8.91. The highest BCUT2D eigenvalue weighted by atomic mass is 16.5. The Labute approximate surface area is 134 Å². The Morgan fingerprint density at radius 2 is 2.09 bits per heavy atom. The van der Waals surface area contributed by atoms with Crippen LogP contribution in [0.25, 0.3) is 0 Å². The number of aryl methyl sites for hydroxylation is 1. The molecule has 1 aromatic carbocycles. The van der Waals surface area contributed by atoms with Crippen molar-refractivity contribution in [3.8, 4) is 0 Å². The maximum absolute atomic E-state index is 12.4. The number of amides is 1. The van der Waals surface area contributed by atoms with Crippen molar-refractivity contribution in [1.29, 1.82) is 0 Å². The maximum atomic E-state index is 12.4. The summed E-state index contributed by atoms with van der Waals surface area (Å²) >= 11 is 0. The molecule has 1 aliphatic heterocycles. The van der Waals surface area contributed by atoms with Crippen molar-refractivity contribution in [1.82, 2.24) is 9.80 Å². The van der Waals surface area contributed by atoms with Crippen molar-refractivity contribution in [2.45, 2.75) is 33.2 Å². The largest absolute Gasteiger partial charge is 0.379 e. The highest BCUT2D eigenvalue weighted by Crippen LogP contribution is 2.10. The van der Waals surface area contributed by atoms with Crippen LogP contribution >= 0.6 is 0 Å². The molecule has 4 nitrogen and oxygen atoms in total. The van der Waals surface area contributed by atoms with E-state index < -0.39 is 0 Å². The van der Waals surface area contributed by atoms with Crippen LogP contribution in [0.4, 0.5) is 0 Å². The van der Waals surface area contributed by atoms with Gasteiger partial charge in [0, 0.05) is 39.1 Å². The first-order valence-corrected chi connectivity index (χ1v) is 8.32. The molecule has 0 atom stereocenters. The molecular weight excluding hydrogens is 276 g/mol. The quantitative estimate of drug-likeness (QED) is 0.776. The molecule has 1 saturated heterocycles. The third kappa shape index (κ3) is 5.43. The number of benzene rings is 1. The number of hydrogen-bond acceptors (Lipinski definition) is 3. The molecule has 4 heteroatoms. The molecule has 0 N–H and O–H groups in total. The summed E-state index contributed by atoms with van der Waals surface area (Å²) < 4.78 is 5.38. The van der Waals surface area contributed by atoms with E-state index in [1.54, 1.807) is 0 Å². The summed E-state index contributed by atoms with van der Waals surface area (Å²) in [6.45, 7) is 10.2. The van der Waals surface area contributed by atoms with E-state index in [1.165, 1.54) is 11.1 Å². The molecule has 0 saturated carbocycles. The number of ether oxygens (including phenoxy) is 1. The van der Waals surface area contributed by atoms with Crippen LogP contribution in [0.2, 0.25) is 0 Å². The van der Waals surface area contributed by atoms with Gasteiger partial charge in [0.05, 0.1) is 13.2 Å². The Hall–Kier alpha value is -1.39. The van der Waals surface area contributed by atoms with E-state index in [2.05, 4.69) is 43.0 Å². The van der Waals surface area contributed by atoms with Crippen LogP contribution in [0, 0.1) is 6.92 Å². The van der Waals surface area contributed by atoms with Crippen LogP contribution in [-0.4, -0.2) is 55.1 Å². The van der Waals surface area contributed by atoms with Gasteiger partial charge in [-0.2, -0.15) is 0 Å². The topological polar surface area (TPSA) is 32.8 Å². The second-order valence-corrected chi connectivity index (χ2v) is 6.01. The van der Waals surface area contributed by atoms with Crippen molar-refractivity contribution >= 4 is 5.91 Å². The normalized spacial score (nSPS) is 15.7. The van der Waals surface area contributed by atoms with Crippen molar-refractivity contribution < 1.29 is 9.53 Å². The van der Waals surface area contributed by atoms with E-state index in [1.807, 2.05) is 4.90 Å². The fourth-order valence-corrected chi connectivity index (χ4v) is 2.78. The maximum Gasteiger partial charge on any atom is 0.222 e. The zero-order chi connectivity index (χ0) is 15.8. The first-order valence-electron chi connectivity index (χ1n) is 8.32. The van der Waals surface area contributed by atoms with Gasteiger partial charge in [0.15, 0.2) is 0 Å². The van der Waals surface area contributed by atoms with Gasteiger partial charge in [-0.3, -0.25) is 9.69 Å². The van der Waals surface area contributed by atoms with E-state index in [0.717, 1.165) is 45.8 Å². The van der Waals surface area contributed by atoms with Gasteiger partial charge in [0.25, 0.3) is 0 Å². The van der Waals surface area contributed by atoms with Crippen molar-refractivity contribution in [3.63, 3.8) is 0 Å². The minimum absolute atomic E-state index is 0.261. The minimum atomic E-state index is 0.261. The van der Waals surface area contributed by atoms with Crippen molar-refractivity contribution in [2.75, 3.05) is 39.4 Å². The lowest BCUT2D eigenvalue weighted by Gasteiger charge is -2.30. The van der Waals surface area contributed by atoms with Gasteiger partial charge in [-0.1, -0.05) is 36.8 Å². The van der Waals surface area contributed by atoms with E-state index >= 15 is 0 Å². The Bertz CT molecular complexity index is 470. The van der Waals surface area contributed by atoms with E-state index in [4.69, 9.17) is 4.74 Å². The molecule has 1 amide bonds. The summed E-state index contributed by atoms with van der Waals surface area (Å²) in [5.41, 5.74) is 2.46. The summed E-state index contributed by atoms with van der Waals surface area (Å²) in [7, 11) is 0. The van der Waals surface area contributed by atoms with Gasteiger partial charge in [-0.15, -0.1) is 0 Å². The molecule has 0 spiro atoms. The molecule has 0 bridgehead atoms. The summed E-state index contributed by atoms with van der Waals surface area (Å²) in [5, 5.41) is 0. The summed E-state index contributed by atoms with van der Waals surface area (Å²) in [6.07, 6.45) is 1.54. The van der Waals surface area contributed by atoms with Gasteiger partial charge in [-0.05, 0) is 18.9 Å². The summed E-state index contributed by atoms with van der Waals surface area (Å²) in [5.74, 6) is 0.261. The number of hydrogen-bond donors (Lipinski definition) is 0. The number of carbonyl (C=O) groups excluding carboxylic acids is 1. The van der Waals surface area contributed by atoms with Gasteiger partial charge >= 0.3 is 0 Å². The first kappa shape index (κ1) is 17.0. The number of rotatable bonds is 7. The summed E-state index contributed by atoms with van der Waals surface area (Å²) in [4.78, 5) is 16.8. The SMILES string of the molecule is CCCC(=O)N(CCN1CCOCC1)Cc1cccc(C)c1. The number of carbonyl (C=O) groups is 1. The molecular formula is C18H28N2O2. The van der Waals surface area contributed by atoms with Crippen LogP contribution < -0.4 is 0 Å². The fourth-order valence-electron chi connectivity index (χ4n) is 2.78. The number of morpholine rings is 1. The van der Waals surface area contributed by atoms with Crippen LogP contribution in [0.1, 0.15) is 30.9 Å². The van der Waals surface area contributed by atoms with Gasteiger partial charge in [0.2, 0.25) is 5.91 Å². The standard InChI is InChI=1S/C18H28N2O2/c1-3-5-18(21)20(9-8-19-10-12-22-13-11-19)15-17-7-4-6-16(2)14-17/h4,6-7,14H,3,5,8-13,15H2,1-2H3. The van der Waals surface area contributed by atoms with Crippen molar-refractivity contribution in [3.05, 3.63) is 35.4 Å². The average molecular weight is 304 g/mol. The molecule has 0 radical (unpaired) electrons. The van der Waals surface area contributed by atoms with Crippen LogP contribution in [-0.2, 0) is 16.1 Å². The van der Waals surface area contributed by atoms with E-state index in [9.17, 15) is 4.79 Å². The third-order valence-electron chi connectivity index (χ3n) is 4.06. The monoisotopic (exact) mass is 304 g/mol. The lowest BCUT2D eigenvalue weighted by molar-refractivity contribution is -0.132. The van der Waals surface area contributed by atoms with Crippen LogP contribution in [0.15, 0.2) is 24.3 Å². The smallest absolute Gasteiger partial charge is 0.222 e. The summed E-state index contributed by atoms with van der Waals surface area (Å²) in [6, 6.07) is 8.43. The molecule has 1 aromatic rings. The molecule has 0 aromatic heterocycles. The molecule has 1 heterocycles. The lowest BCUT2D eigenvalue weighted by atomic mass is 10.1. The Morgan fingerprint density at radius 1 is 1.32 bits per heavy atom. The van der Waals surface area contributed by atoms with Gasteiger partial charge in [0.1, 0.15) is 0 Å². The molecule has 122 valence electrons. The molecule has 1 aliphatic rings. The van der Waals surface area contributed by atoms with E-state index in [-0.39, 0.29) is 5.91 Å². The Balaban J connectivity index is 1.94. The molecule has 0 unspecified atom stereocenters. The molecule has 0 aliphatic carbocycles. The lowest BCUT2D eigenvalue weighted by Crippen LogP contribution is -2.42. The first-order chi connectivity index (χ1) is 10.7. The van der Waals surface area contributed by atoms with Crippen molar-refractivity contribution in [2.24, 2.45) is 0 Å². The van der Waals surface area contributed by atoms with Crippen LogP contribution in [0.5, 0.6) is 0 Å². The fraction of sp³-hybridized carbons (Fsp3) is 0.611. The molecule has 2 rings (SSSR count). The van der Waals surface area contributed by atoms with Crippen LogP contribution in [0.3, 0.4) is 0 Å². The minimum Gasteiger partial charge on any atom is -0.379 e. The molecule has 1 fully saturated rings.